The van der Waals surface area contributed by atoms with Crippen molar-refractivity contribution >= 4 is 5.91 Å². The lowest BCUT2D eigenvalue weighted by Gasteiger charge is -2.27. The highest BCUT2D eigenvalue weighted by atomic mass is 16.4. The summed E-state index contributed by atoms with van der Waals surface area (Å²) >= 11 is 0. The topological polar surface area (TPSA) is 59.2 Å². The third-order valence-electron chi connectivity index (χ3n) is 4.42. The summed E-state index contributed by atoms with van der Waals surface area (Å²) in [6, 6.07) is 18.1. The summed E-state index contributed by atoms with van der Waals surface area (Å²) in [6.45, 7) is 6.69. The van der Waals surface area contributed by atoms with Crippen molar-refractivity contribution in [1.82, 2.24) is 15.1 Å². The Bertz CT molecular complexity index is 887. The Hall–Kier alpha value is -2.95. The molecule has 3 rings (SSSR count). The zero-order valence-corrected chi connectivity index (χ0v) is 16.1. The van der Waals surface area contributed by atoms with Crippen LogP contribution in [0.25, 0.3) is 11.5 Å². The second-order valence-corrected chi connectivity index (χ2v) is 6.97. The first-order valence-corrected chi connectivity index (χ1v) is 9.26. The van der Waals surface area contributed by atoms with Crippen LogP contribution < -0.4 is 0 Å². The number of hydrogen-bond acceptors (Lipinski definition) is 4. The van der Waals surface area contributed by atoms with Gasteiger partial charge >= 0.3 is 0 Å². The SMILES string of the molecule is Cc1cccc(-c2nnc(CCC(=O)N(Cc3ccccc3)C(C)C)o2)c1. The molecule has 1 aromatic heterocycles. The van der Waals surface area contributed by atoms with Gasteiger partial charge in [0.25, 0.3) is 0 Å². The summed E-state index contributed by atoms with van der Waals surface area (Å²) in [4.78, 5) is 14.6. The van der Waals surface area contributed by atoms with Crippen LogP contribution in [0.3, 0.4) is 0 Å². The molecular weight excluding hydrogens is 338 g/mol. The normalized spacial score (nSPS) is 11.0. The summed E-state index contributed by atoms with van der Waals surface area (Å²) in [5, 5.41) is 8.21. The van der Waals surface area contributed by atoms with Crippen LogP contribution in [-0.4, -0.2) is 27.0 Å². The fraction of sp³-hybridized carbons (Fsp3) is 0.318. The lowest BCUT2D eigenvalue weighted by Crippen LogP contribution is -2.36. The van der Waals surface area contributed by atoms with Gasteiger partial charge in [0.15, 0.2) is 0 Å². The van der Waals surface area contributed by atoms with E-state index in [1.54, 1.807) is 0 Å². The van der Waals surface area contributed by atoms with E-state index < -0.39 is 0 Å². The predicted octanol–water partition coefficient (Wildman–Crippen LogP) is 4.41. The molecule has 1 amide bonds. The molecular formula is C22H25N3O2. The molecule has 5 heteroatoms. The van der Waals surface area contributed by atoms with Crippen LogP contribution >= 0.6 is 0 Å². The third-order valence-corrected chi connectivity index (χ3v) is 4.42. The van der Waals surface area contributed by atoms with E-state index in [9.17, 15) is 4.79 Å². The number of nitrogens with zero attached hydrogens (tertiary/aromatic N) is 3. The minimum Gasteiger partial charge on any atom is -0.421 e. The van der Waals surface area contributed by atoms with Crippen LogP contribution in [0, 0.1) is 6.92 Å². The van der Waals surface area contributed by atoms with E-state index in [-0.39, 0.29) is 11.9 Å². The molecule has 27 heavy (non-hydrogen) atoms. The van der Waals surface area contributed by atoms with Crippen molar-refractivity contribution in [3.63, 3.8) is 0 Å². The molecule has 140 valence electrons. The van der Waals surface area contributed by atoms with Gasteiger partial charge in [-0.05, 0) is 38.5 Å². The van der Waals surface area contributed by atoms with Gasteiger partial charge in [0.1, 0.15) is 0 Å². The van der Waals surface area contributed by atoms with Crippen molar-refractivity contribution in [2.45, 2.75) is 46.2 Å². The highest BCUT2D eigenvalue weighted by molar-refractivity contribution is 5.76. The number of hydrogen-bond donors (Lipinski definition) is 0. The van der Waals surface area contributed by atoms with E-state index >= 15 is 0 Å². The van der Waals surface area contributed by atoms with E-state index in [1.807, 2.05) is 80.3 Å². The molecule has 0 unspecified atom stereocenters. The minimum absolute atomic E-state index is 0.0872. The van der Waals surface area contributed by atoms with Gasteiger partial charge in [0, 0.05) is 31.0 Å². The van der Waals surface area contributed by atoms with Crippen LogP contribution in [0.1, 0.15) is 37.3 Å². The molecule has 0 saturated carbocycles. The Labute approximate surface area is 160 Å². The van der Waals surface area contributed by atoms with Crippen molar-refractivity contribution < 1.29 is 9.21 Å². The standard InChI is InChI=1S/C22H25N3O2/c1-16(2)25(15-18-9-5-4-6-10-18)21(26)13-12-20-23-24-22(27-20)19-11-7-8-17(3)14-19/h4-11,14,16H,12-13,15H2,1-3H3. The Morgan fingerprint density at radius 2 is 1.85 bits per heavy atom. The zero-order valence-electron chi connectivity index (χ0n) is 16.1. The van der Waals surface area contributed by atoms with Crippen LogP contribution in [0.15, 0.2) is 59.0 Å². The highest BCUT2D eigenvalue weighted by Crippen LogP contribution is 2.19. The number of benzene rings is 2. The number of rotatable bonds is 7. The minimum atomic E-state index is 0.0872. The lowest BCUT2D eigenvalue weighted by molar-refractivity contribution is -0.133. The molecule has 1 heterocycles. The van der Waals surface area contributed by atoms with Crippen molar-refractivity contribution in [3.05, 3.63) is 71.6 Å². The van der Waals surface area contributed by atoms with Gasteiger partial charge in [-0.25, -0.2) is 0 Å². The predicted molar refractivity (Wildman–Crippen MR) is 105 cm³/mol. The second kappa shape index (κ2) is 8.62. The van der Waals surface area contributed by atoms with E-state index in [4.69, 9.17) is 4.42 Å². The maximum atomic E-state index is 12.7. The molecule has 0 aliphatic rings. The first kappa shape index (κ1) is 18.8. The van der Waals surface area contributed by atoms with Gasteiger partial charge in [0.05, 0.1) is 0 Å². The Morgan fingerprint density at radius 3 is 2.56 bits per heavy atom. The molecule has 0 N–H and O–H groups in total. The van der Waals surface area contributed by atoms with Crippen LogP contribution in [0.4, 0.5) is 0 Å². The molecule has 0 aliphatic carbocycles. The number of carbonyl (C=O) groups is 1. The molecule has 2 aromatic carbocycles. The summed E-state index contributed by atoms with van der Waals surface area (Å²) < 4.78 is 5.74. The maximum Gasteiger partial charge on any atom is 0.247 e. The summed E-state index contributed by atoms with van der Waals surface area (Å²) in [5.74, 6) is 1.07. The van der Waals surface area contributed by atoms with Gasteiger partial charge < -0.3 is 9.32 Å². The smallest absolute Gasteiger partial charge is 0.247 e. The summed E-state index contributed by atoms with van der Waals surface area (Å²) in [6.07, 6.45) is 0.788. The Balaban J connectivity index is 1.62. The molecule has 0 fully saturated rings. The first-order chi connectivity index (χ1) is 13.0. The van der Waals surface area contributed by atoms with Crippen molar-refractivity contribution in [3.8, 4) is 11.5 Å². The second-order valence-electron chi connectivity index (χ2n) is 6.97. The number of aryl methyl sites for hydroxylation is 2. The fourth-order valence-electron chi connectivity index (χ4n) is 2.95. The van der Waals surface area contributed by atoms with Gasteiger partial charge in [-0.3, -0.25) is 4.79 Å². The van der Waals surface area contributed by atoms with Gasteiger partial charge in [-0.1, -0.05) is 48.0 Å². The largest absolute Gasteiger partial charge is 0.421 e. The van der Waals surface area contributed by atoms with E-state index in [0.29, 0.717) is 31.2 Å². The monoisotopic (exact) mass is 363 g/mol. The average Bonchev–Trinajstić information content (AvgIpc) is 3.14. The van der Waals surface area contributed by atoms with Gasteiger partial charge in [0.2, 0.25) is 17.7 Å². The Kier molecular flexibility index (Phi) is 6.01. The third kappa shape index (κ3) is 5.03. The van der Waals surface area contributed by atoms with Crippen molar-refractivity contribution in [2.75, 3.05) is 0 Å². The first-order valence-electron chi connectivity index (χ1n) is 9.26. The molecule has 0 spiro atoms. The molecule has 0 saturated heterocycles. The van der Waals surface area contributed by atoms with Crippen LogP contribution in [-0.2, 0) is 17.8 Å². The molecule has 5 nitrogen and oxygen atoms in total. The summed E-state index contributed by atoms with van der Waals surface area (Å²) in [5.41, 5.74) is 3.16. The van der Waals surface area contributed by atoms with Crippen LogP contribution in [0.2, 0.25) is 0 Å². The molecule has 0 atom stereocenters. The number of aromatic nitrogens is 2. The summed E-state index contributed by atoms with van der Waals surface area (Å²) in [7, 11) is 0. The van der Waals surface area contributed by atoms with Crippen molar-refractivity contribution in [1.29, 1.82) is 0 Å². The fourth-order valence-corrected chi connectivity index (χ4v) is 2.95. The lowest BCUT2D eigenvalue weighted by atomic mass is 10.1. The average molecular weight is 363 g/mol. The Morgan fingerprint density at radius 1 is 1.07 bits per heavy atom. The molecule has 0 bridgehead atoms. The van der Waals surface area contributed by atoms with Crippen LogP contribution in [0.5, 0.6) is 0 Å². The maximum absolute atomic E-state index is 12.7. The van der Waals surface area contributed by atoms with Gasteiger partial charge in [-0.2, -0.15) is 0 Å². The molecule has 3 aromatic rings. The number of carbonyl (C=O) groups excluding carboxylic acids is 1. The van der Waals surface area contributed by atoms with Crippen molar-refractivity contribution in [2.24, 2.45) is 0 Å². The molecule has 0 radical (unpaired) electrons. The molecule has 0 aliphatic heterocycles. The zero-order chi connectivity index (χ0) is 19.2. The highest BCUT2D eigenvalue weighted by Gasteiger charge is 2.18. The van der Waals surface area contributed by atoms with E-state index in [0.717, 1.165) is 16.7 Å². The van der Waals surface area contributed by atoms with E-state index in [2.05, 4.69) is 10.2 Å². The van der Waals surface area contributed by atoms with Gasteiger partial charge in [-0.15, -0.1) is 10.2 Å². The quantitative estimate of drug-likeness (QED) is 0.624. The van der Waals surface area contributed by atoms with E-state index in [1.165, 1.54) is 0 Å². The number of amides is 1.